The molecule has 1 aromatic heterocycles. The second-order valence-corrected chi connectivity index (χ2v) is 3.84. The molecule has 1 N–H and O–H groups in total. The smallest absolute Gasteiger partial charge is 0.305 e. The van der Waals surface area contributed by atoms with Crippen molar-refractivity contribution >= 4 is 5.97 Å². The van der Waals surface area contributed by atoms with Crippen molar-refractivity contribution in [3.63, 3.8) is 0 Å². The summed E-state index contributed by atoms with van der Waals surface area (Å²) in [4.78, 5) is 14.8. The number of benzene rings is 1. The van der Waals surface area contributed by atoms with Crippen molar-refractivity contribution in [1.82, 2.24) is 9.55 Å². The molecule has 0 unspecified atom stereocenters. The number of para-hydroxylation sites is 1. The Morgan fingerprint density at radius 1 is 1.44 bits per heavy atom. The lowest BCUT2D eigenvalue weighted by atomic mass is 10.1. The Morgan fingerprint density at radius 2 is 2.22 bits per heavy atom. The molecule has 0 bridgehead atoms. The number of nitrogens with zero attached hydrogens (tertiary/aromatic N) is 2. The molecule has 0 aliphatic heterocycles. The van der Waals surface area contributed by atoms with Gasteiger partial charge in [0.25, 0.3) is 0 Å². The predicted molar refractivity (Wildman–Crippen MR) is 66.5 cm³/mol. The summed E-state index contributed by atoms with van der Waals surface area (Å²) in [5, 5.41) is 8.63. The highest BCUT2D eigenvalue weighted by Gasteiger charge is 2.08. The number of carboxylic acids is 1. The average Bonchev–Trinajstić information content (AvgIpc) is 2.85. The Morgan fingerprint density at radius 3 is 2.94 bits per heavy atom. The van der Waals surface area contributed by atoms with E-state index in [1.54, 1.807) is 18.0 Å². The van der Waals surface area contributed by atoms with Crippen LogP contribution in [0.15, 0.2) is 36.8 Å². The molecule has 0 radical (unpaired) electrons. The summed E-state index contributed by atoms with van der Waals surface area (Å²) in [6, 6.07) is 7.59. The van der Waals surface area contributed by atoms with Crippen molar-refractivity contribution in [3.8, 4) is 17.0 Å². The lowest BCUT2D eigenvalue weighted by molar-refractivity contribution is -0.137. The van der Waals surface area contributed by atoms with Crippen LogP contribution < -0.4 is 4.74 Å². The van der Waals surface area contributed by atoms with Crippen LogP contribution in [-0.4, -0.2) is 27.7 Å². The Labute approximate surface area is 105 Å². The molecule has 2 aromatic rings. The third-order valence-corrected chi connectivity index (χ3v) is 2.60. The SMILES string of the molecule is COc1ccccc1-c1cn(CCC(=O)O)cn1. The Kier molecular flexibility index (Phi) is 3.62. The van der Waals surface area contributed by atoms with Crippen LogP contribution in [0.5, 0.6) is 5.75 Å². The van der Waals surface area contributed by atoms with Gasteiger partial charge < -0.3 is 14.4 Å². The number of hydrogen-bond acceptors (Lipinski definition) is 3. The van der Waals surface area contributed by atoms with Crippen molar-refractivity contribution < 1.29 is 14.6 Å². The van der Waals surface area contributed by atoms with Crippen molar-refractivity contribution in [2.75, 3.05) is 7.11 Å². The van der Waals surface area contributed by atoms with Gasteiger partial charge in [0.15, 0.2) is 0 Å². The zero-order valence-electron chi connectivity index (χ0n) is 10.0. The fourth-order valence-electron chi connectivity index (χ4n) is 1.70. The molecule has 0 aliphatic rings. The monoisotopic (exact) mass is 246 g/mol. The lowest BCUT2D eigenvalue weighted by Gasteiger charge is -2.04. The molecular formula is C13H14N2O3. The number of carboxylic acid groups (broad SMARTS) is 1. The second-order valence-electron chi connectivity index (χ2n) is 3.84. The number of carbonyl (C=O) groups is 1. The van der Waals surface area contributed by atoms with Gasteiger partial charge in [0.1, 0.15) is 5.75 Å². The number of ether oxygens (including phenoxy) is 1. The van der Waals surface area contributed by atoms with Crippen LogP contribution in [0, 0.1) is 0 Å². The molecule has 0 fully saturated rings. The molecule has 18 heavy (non-hydrogen) atoms. The number of hydrogen-bond donors (Lipinski definition) is 1. The second kappa shape index (κ2) is 5.35. The molecule has 0 atom stereocenters. The molecule has 0 saturated carbocycles. The van der Waals surface area contributed by atoms with Gasteiger partial charge in [-0.25, -0.2) is 4.98 Å². The predicted octanol–water partition coefficient (Wildman–Crippen LogP) is 2.03. The first-order valence-electron chi connectivity index (χ1n) is 5.57. The van der Waals surface area contributed by atoms with Crippen LogP contribution >= 0.6 is 0 Å². The maximum atomic E-state index is 10.5. The first-order chi connectivity index (χ1) is 8.70. The fraction of sp³-hybridized carbons (Fsp3) is 0.231. The van der Waals surface area contributed by atoms with Gasteiger partial charge in [-0.05, 0) is 12.1 Å². The number of aliphatic carboxylic acids is 1. The van der Waals surface area contributed by atoms with E-state index in [-0.39, 0.29) is 6.42 Å². The minimum Gasteiger partial charge on any atom is -0.496 e. The molecule has 5 nitrogen and oxygen atoms in total. The number of aryl methyl sites for hydroxylation is 1. The zero-order valence-corrected chi connectivity index (χ0v) is 10.0. The van der Waals surface area contributed by atoms with Crippen molar-refractivity contribution in [1.29, 1.82) is 0 Å². The van der Waals surface area contributed by atoms with Gasteiger partial charge in [0, 0.05) is 18.3 Å². The number of aromatic nitrogens is 2. The van der Waals surface area contributed by atoms with E-state index in [1.165, 1.54) is 0 Å². The van der Waals surface area contributed by atoms with Gasteiger partial charge in [0.2, 0.25) is 0 Å². The Hall–Kier alpha value is -2.30. The minimum absolute atomic E-state index is 0.0850. The van der Waals surface area contributed by atoms with Crippen molar-refractivity contribution in [2.45, 2.75) is 13.0 Å². The summed E-state index contributed by atoms with van der Waals surface area (Å²) in [5.41, 5.74) is 1.67. The highest BCUT2D eigenvalue weighted by molar-refractivity contribution is 5.67. The van der Waals surface area contributed by atoms with Crippen LogP contribution in [0.4, 0.5) is 0 Å². The van der Waals surface area contributed by atoms with E-state index in [0.29, 0.717) is 6.54 Å². The maximum Gasteiger partial charge on any atom is 0.305 e. The topological polar surface area (TPSA) is 64.3 Å². The Balaban J connectivity index is 2.21. The highest BCUT2D eigenvalue weighted by atomic mass is 16.5. The lowest BCUT2D eigenvalue weighted by Crippen LogP contribution is -2.02. The molecule has 0 spiro atoms. The van der Waals surface area contributed by atoms with Gasteiger partial charge in [0.05, 0.1) is 25.6 Å². The zero-order chi connectivity index (χ0) is 13.0. The summed E-state index contributed by atoms with van der Waals surface area (Å²) in [6.45, 7) is 0.414. The summed E-state index contributed by atoms with van der Waals surface area (Å²) in [6.07, 6.45) is 3.53. The number of imidazole rings is 1. The van der Waals surface area contributed by atoms with E-state index in [1.807, 2.05) is 30.5 Å². The summed E-state index contributed by atoms with van der Waals surface area (Å²) >= 11 is 0. The largest absolute Gasteiger partial charge is 0.496 e. The van der Waals surface area contributed by atoms with Crippen LogP contribution in [0.3, 0.4) is 0 Å². The van der Waals surface area contributed by atoms with E-state index >= 15 is 0 Å². The van der Waals surface area contributed by atoms with Gasteiger partial charge >= 0.3 is 5.97 Å². The van der Waals surface area contributed by atoms with Crippen molar-refractivity contribution in [2.24, 2.45) is 0 Å². The van der Waals surface area contributed by atoms with E-state index in [2.05, 4.69) is 4.98 Å². The summed E-state index contributed by atoms with van der Waals surface area (Å²) < 4.78 is 7.02. The number of methoxy groups -OCH3 is 1. The minimum atomic E-state index is -0.817. The standard InChI is InChI=1S/C13H14N2O3/c1-18-12-5-3-2-4-10(12)11-8-15(9-14-11)7-6-13(16)17/h2-5,8-9H,6-7H2,1H3,(H,16,17). The van der Waals surface area contributed by atoms with Gasteiger partial charge in [-0.2, -0.15) is 0 Å². The average molecular weight is 246 g/mol. The van der Waals surface area contributed by atoms with E-state index in [9.17, 15) is 4.79 Å². The molecule has 0 aliphatic carbocycles. The first kappa shape index (κ1) is 12.2. The molecule has 1 heterocycles. The normalized spacial score (nSPS) is 10.3. The van der Waals surface area contributed by atoms with Gasteiger partial charge in [-0.3, -0.25) is 4.79 Å². The van der Waals surface area contributed by atoms with Crippen LogP contribution in [0.1, 0.15) is 6.42 Å². The van der Waals surface area contributed by atoms with E-state index < -0.39 is 5.97 Å². The van der Waals surface area contributed by atoms with E-state index in [0.717, 1.165) is 17.0 Å². The number of rotatable bonds is 5. The summed E-state index contributed by atoms with van der Waals surface area (Å²) in [7, 11) is 1.61. The van der Waals surface area contributed by atoms with E-state index in [4.69, 9.17) is 9.84 Å². The first-order valence-corrected chi connectivity index (χ1v) is 5.57. The third kappa shape index (κ3) is 2.68. The fourth-order valence-corrected chi connectivity index (χ4v) is 1.70. The van der Waals surface area contributed by atoms with Gasteiger partial charge in [-0.15, -0.1) is 0 Å². The highest BCUT2D eigenvalue weighted by Crippen LogP contribution is 2.27. The molecule has 0 amide bonds. The van der Waals surface area contributed by atoms with Crippen LogP contribution in [0.2, 0.25) is 0 Å². The molecule has 0 saturated heterocycles. The molecule has 5 heteroatoms. The summed E-state index contributed by atoms with van der Waals surface area (Å²) in [5.74, 6) is -0.0662. The van der Waals surface area contributed by atoms with Crippen molar-refractivity contribution in [3.05, 3.63) is 36.8 Å². The van der Waals surface area contributed by atoms with Crippen LogP contribution in [-0.2, 0) is 11.3 Å². The molecule has 1 aromatic carbocycles. The molecule has 94 valence electrons. The maximum absolute atomic E-state index is 10.5. The Bertz CT molecular complexity index is 549. The quantitative estimate of drug-likeness (QED) is 0.876. The molecular weight excluding hydrogens is 232 g/mol. The van der Waals surface area contributed by atoms with Gasteiger partial charge in [-0.1, -0.05) is 12.1 Å². The third-order valence-electron chi connectivity index (χ3n) is 2.60. The molecule has 2 rings (SSSR count). The van der Waals surface area contributed by atoms with Crippen LogP contribution in [0.25, 0.3) is 11.3 Å².